The lowest BCUT2D eigenvalue weighted by Crippen LogP contribution is -2.60. The second kappa shape index (κ2) is 11.4. The quantitative estimate of drug-likeness (QED) is 0.339. The van der Waals surface area contributed by atoms with Gasteiger partial charge >= 0.3 is 0 Å². The third kappa shape index (κ3) is 5.58. The number of anilines is 1. The van der Waals surface area contributed by atoms with Crippen molar-refractivity contribution in [3.05, 3.63) is 58.6 Å². The summed E-state index contributed by atoms with van der Waals surface area (Å²) in [6, 6.07) is 6.41. The molecule has 1 amide bonds. The summed E-state index contributed by atoms with van der Waals surface area (Å²) in [4.78, 5) is 12.5. The molecular weight excluding hydrogens is 618 g/mol. The normalized spacial score (nSPS) is 28.9. The Morgan fingerprint density at radius 3 is 2.36 bits per heavy atom. The number of hydrogen-bond donors (Lipinski definition) is 4. The van der Waals surface area contributed by atoms with Crippen LogP contribution in [0.4, 0.5) is 14.5 Å². The number of amides is 1. The number of fused-ring (bicyclic) bond motifs is 2. The van der Waals surface area contributed by atoms with Gasteiger partial charge in [-0.25, -0.2) is 25.6 Å². The van der Waals surface area contributed by atoms with E-state index in [1.807, 2.05) is 0 Å². The van der Waals surface area contributed by atoms with E-state index in [-0.39, 0.29) is 52.9 Å². The lowest BCUT2D eigenvalue weighted by molar-refractivity contribution is -0.176. The molecule has 0 spiro atoms. The molecule has 0 radical (unpaired) electrons. The Balaban J connectivity index is 1.33. The van der Waals surface area contributed by atoms with Crippen LogP contribution >= 0.6 is 11.6 Å². The minimum atomic E-state index is -4.15. The number of aliphatic hydroxyl groups is 3. The van der Waals surface area contributed by atoms with E-state index < -0.39 is 72.3 Å². The average molecular weight is 649 g/mol. The Labute approximate surface area is 247 Å². The number of halogens is 3. The van der Waals surface area contributed by atoms with E-state index >= 15 is 0 Å². The standard InChI is InChI=1S/C27H31ClF2N2O8S2/c28-20-6-2-15(26(35)31-18-5-7-21(29)22(30)13-18)10-24(20)42(39,40)19-11-16-3-4-17(12-19)27(16,36)25(34)23(33)14-32-8-1-9-41(32,37)38/h2,5-7,10,13,16-17,19,23,25,33-34,36H,1,3-4,8-9,11-12,14H2,(H,31,35)/t16-,17+,19-,23?,25?,27-. The molecule has 4 N–H and O–H groups in total. The number of nitrogens with zero attached hydrogens (tertiary/aromatic N) is 1. The second-order valence-corrected chi connectivity index (χ2v) is 16.0. The number of β-amino-alcohol motifs (C(OH)–C–C–N with tert-alkyl or cyclic N) is 1. The Hall–Kier alpha value is -2.20. The van der Waals surface area contributed by atoms with Gasteiger partial charge in [-0.3, -0.25) is 4.79 Å². The summed E-state index contributed by atoms with van der Waals surface area (Å²) >= 11 is 6.27. The van der Waals surface area contributed by atoms with Crippen molar-refractivity contribution in [3.63, 3.8) is 0 Å². The Morgan fingerprint density at radius 2 is 1.76 bits per heavy atom. The summed E-state index contributed by atoms with van der Waals surface area (Å²) in [5.74, 6) is -4.49. The molecule has 2 saturated carbocycles. The number of rotatable bonds is 8. The largest absolute Gasteiger partial charge is 0.389 e. The van der Waals surface area contributed by atoms with Crippen LogP contribution in [0.25, 0.3) is 0 Å². The van der Waals surface area contributed by atoms with E-state index in [0.717, 1.165) is 28.6 Å². The first kappa shape index (κ1) is 31.2. The average Bonchev–Trinajstić information content (AvgIpc) is 3.31. The number of carbonyl (C=O) groups is 1. The van der Waals surface area contributed by atoms with Gasteiger partial charge in [0, 0.05) is 30.4 Å². The Morgan fingerprint density at radius 1 is 1.10 bits per heavy atom. The maximum absolute atomic E-state index is 13.8. The molecule has 2 aromatic rings. The van der Waals surface area contributed by atoms with Crippen LogP contribution in [-0.4, -0.2) is 84.3 Å². The summed E-state index contributed by atoms with van der Waals surface area (Å²) in [6.45, 7) is -0.168. The molecule has 3 fully saturated rings. The first-order valence-corrected chi connectivity index (χ1v) is 17.0. The van der Waals surface area contributed by atoms with E-state index in [0.29, 0.717) is 19.3 Å². The van der Waals surface area contributed by atoms with Gasteiger partial charge in [-0.2, -0.15) is 4.31 Å². The highest BCUT2D eigenvalue weighted by molar-refractivity contribution is 7.92. The molecule has 15 heteroatoms. The van der Waals surface area contributed by atoms with Crippen LogP contribution in [-0.2, 0) is 19.9 Å². The molecule has 1 heterocycles. The number of aliphatic hydroxyl groups excluding tert-OH is 2. The number of nitrogens with one attached hydrogen (secondary N) is 1. The molecule has 1 aliphatic heterocycles. The number of sulfonamides is 1. The van der Waals surface area contributed by atoms with Crippen LogP contribution in [0.2, 0.25) is 5.02 Å². The van der Waals surface area contributed by atoms with Gasteiger partial charge in [0.15, 0.2) is 21.5 Å². The van der Waals surface area contributed by atoms with Crippen LogP contribution in [0, 0.1) is 23.5 Å². The lowest BCUT2D eigenvalue weighted by atomic mass is 9.70. The molecule has 2 bridgehead atoms. The molecular formula is C27H31ClF2N2O8S2. The molecule has 2 unspecified atom stereocenters. The lowest BCUT2D eigenvalue weighted by Gasteiger charge is -2.46. The summed E-state index contributed by atoms with van der Waals surface area (Å²) in [7, 11) is -7.70. The second-order valence-electron chi connectivity index (χ2n) is 11.3. The molecule has 1 saturated heterocycles. The van der Waals surface area contributed by atoms with Crippen molar-refractivity contribution in [1.29, 1.82) is 0 Å². The minimum absolute atomic E-state index is 0.0375. The number of hydrogen-bond acceptors (Lipinski definition) is 8. The first-order chi connectivity index (χ1) is 19.6. The first-order valence-electron chi connectivity index (χ1n) is 13.5. The predicted octanol–water partition coefficient (Wildman–Crippen LogP) is 2.32. The topological polar surface area (TPSA) is 161 Å². The van der Waals surface area contributed by atoms with Crippen LogP contribution in [0.1, 0.15) is 42.5 Å². The number of benzene rings is 2. The van der Waals surface area contributed by atoms with Crippen molar-refractivity contribution in [2.45, 2.75) is 60.1 Å². The number of sulfone groups is 1. The highest BCUT2D eigenvalue weighted by Gasteiger charge is 2.60. The zero-order valence-corrected chi connectivity index (χ0v) is 24.7. The van der Waals surface area contributed by atoms with Gasteiger partial charge in [0.2, 0.25) is 10.0 Å². The molecule has 230 valence electrons. The summed E-state index contributed by atoms with van der Waals surface area (Å²) in [5, 5.41) is 34.6. The van der Waals surface area contributed by atoms with Gasteiger partial charge in [-0.05, 0) is 74.3 Å². The highest BCUT2D eigenvalue weighted by atomic mass is 35.5. The minimum Gasteiger partial charge on any atom is -0.389 e. The monoisotopic (exact) mass is 648 g/mol. The zero-order valence-electron chi connectivity index (χ0n) is 22.3. The fraction of sp³-hybridized carbons (Fsp3) is 0.519. The zero-order chi connectivity index (χ0) is 30.6. The molecule has 2 aliphatic carbocycles. The fourth-order valence-electron chi connectivity index (χ4n) is 6.61. The van der Waals surface area contributed by atoms with E-state index in [1.165, 1.54) is 12.1 Å². The van der Waals surface area contributed by atoms with Crippen molar-refractivity contribution < 1.29 is 45.7 Å². The van der Waals surface area contributed by atoms with Crippen LogP contribution in [0.15, 0.2) is 41.3 Å². The fourth-order valence-corrected chi connectivity index (χ4v) is 10.6. The smallest absolute Gasteiger partial charge is 0.255 e. The SMILES string of the molecule is O=C(Nc1ccc(F)c(F)c1)c1ccc(Cl)c(S(=O)(=O)[C@@H]2C[C@H]3CC[C@@H](C2)[C@@]3(O)C(O)C(O)CN2CCCS2(=O)=O)c1. The summed E-state index contributed by atoms with van der Waals surface area (Å²) < 4.78 is 79.7. The highest BCUT2D eigenvalue weighted by Crippen LogP contribution is 2.54. The summed E-state index contributed by atoms with van der Waals surface area (Å²) in [6.07, 6.45) is -2.19. The van der Waals surface area contributed by atoms with Gasteiger partial charge < -0.3 is 20.6 Å². The van der Waals surface area contributed by atoms with Crippen LogP contribution in [0.5, 0.6) is 0 Å². The predicted molar refractivity (Wildman–Crippen MR) is 149 cm³/mol. The van der Waals surface area contributed by atoms with Gasteiger partial charge in [-0.15, -0.1) is 0 Å². The van der Waals surface area contributed by atoms with Gasteiger partial charge in [0.05, 0.1) is 32.6 Å². The number of carbonyl (C=O) groups excluding carboxylic acids is 1. The molecule has 42 heavy (non-hydrogen) atoms. The van der Waals surface area contributed by atoms with Crippen LogP contribution < -0.4 is 5.32 Å². The third-order valence-electron chi connectivity index (χ3n) is 8.81. The van der Waals surface area contributed by atoms with Gasteiger partial charge in [0.1, 0.15) is 6.10 Å². The summed E-state index contributed by atoms with van der Waals surface area (Å²) in [5.41, 5.74) is -1.94. The molecule has 5 rings (SSSR count). The van der Waals surface area contributed by atoms with E-state index in [9.17, 15) is 45.7 Å². The van der Waals surface area contributed by atoms with Crippen molar-refractivity contribution >= 4 is 43.1 Å². The van der Waals surface area contributed by atoms with Crippen molar-refractivity contribution in [2.24, 2.45) is 11.8 Å². The molecule has 2 aromatic carbocycles. The Kier molecular flexibility index (Phi) is 8.46. The van der Waals surface area contributed by atoms with Crippen LogP contribution in [0.3, 0.4) is 0 Å². The van der Waals surface area contributed by atoms with Gasteiger partial charge in [0.25, 0.3) is 5.91 Å². The van der Waals surface area contributed by atoms with E-state index in [1.54, 1.807) is 0 Å². The third-order valence-corrected chi connectivity index (χ3v) is 13.4. The van der Waals surface area contributed by atoms with Crippen molar-refractivity contribution in [3.8, 4) is 0 Å². The van der Waals surface area contributed by atoms with Gasteiger partial charge in [-0.1, -0.05) is 11.6 Å². The van der Waals surface area contributed by atoms with Crippen molar-refractivity contribution in [1.82, 2.24) is 4.31 Å². The molecule has 6 atom stereocenters. The Bertz CT molecular complexity index is 1590. The van der Waals surface area contributed by atoms with Crippen molar-refractivity contribution in [2.75, 3.05) is 24.2 Å². The molecule has 0 aromatic heterocycles. The van der Waals surface area contributed by atoms with E-state index in [4.69, 9.17) is 11.6 Å². The molecule has 3 aliphatic rings. The maximum Gasteiger partial charge on any atom is 0.255 e. The van der Waals surface area contributed by atoms with E-state index in [2.05, 4.69) is 5.32 Å². The molecule has 10 nitrogen and oxygen atoms in total. The maximum atomic E-state index is 13.8.